The Hall–Kier alpha value is -2.67. The van der Waals surface area contributed by atoms with E-state index < -0.39 is 28.1 Å². The number of ether oxygens (including phenoxy) is 1. The van der Waals surface area contributed by atoms with Crippen LogP contribution in [-0.2, 0) is 23.4 Å². The number of pyridine rings is 1. The van der Waals surface area contributed by atoms with Gasteiger partial charge in [0.1, 0.15) is 17.3 Å². The van der Waals surface area contributed by atoms with Crippen molar-refractivity contribution in [1.29, 1.82) is 0 Å². The molecular weight excluding hydrogens is 485 g/mol. The highest BCUT2D eigenvalue weighted by Gasteiger charge is 2.41. The van der Waals surface area contributed by atoms with E-state index in [9.17, 15) is 22.5 Å². The third kappa shape index (κ3) is 3.88. The minimum atomic E-state index is -4.48. The number of aryl methyl sites for hydroxylation is 1. The fraction of sp³-hybridized carbons (Fsp3) is 0.591. The summed E-state index contributed by atoms with van der Waals surface area (Å²) in [5, 5.41) is 13.3. The average Bonchev–Trinajstić information content (AvgIpc) is 3.20. The molecule has 1 saturated carbocycles. The van der Waals surface area contributed by atoms with Crippen molar-refractivity contribution < 1.29 is 27.2 Å². The zero-order valence-corrected chi connectivity index (χ0v) is 19.7. The molecule has 2 atom stereocenters. The summed E-state index contributed by atoms with van der Waals surface area (Å²) in [6.45, 7) is 1.78. The minimum Gasteiger partial charge on any atom is -0.487 e. The van der Waals surface area contributed by atoms with Gasteiger partial charge in [0, 0.05) is 38.0 Å². The van der Waals surface area contributed by atoms with Crippen molar-refractivity contribution >= 4 is 28.4 Å². The molecular formula is C22H25F3N6O3S. The highest BCUT2D eigenvalue weighted by atomic mass is 32.2. The van der Waals surface area contributed by atoms with Gasteiger partial charge in [0.05, 0.1) is 40.2 Å². The summed E-state index contributed by atoms with van der Waals surface area (Å²) in [4.78, 5) is 18.2. The molecule has 4 aliphatic rings. The van der Waals surface area contributed by atoms with Gasteiger partial charge >= 0.3 is 6.18 Å². The van der Waals surface area contributed by atoms with Crippen LogP contribution in [-0.4, -0.2) is 74.4 Å². The van der Waals surface area contributed by atoms with Crippen LogP contribution in [0.25, 0.3) is 0 Å². The molecule has 1 saturated heterocycles. The summed E-state index contributed by atoms with van der Waals surface area (Å²) in [5.74, 6) is 2.10. The zero-order valence-electron chi connectivity index (χ0n) is 18.8. The Morgan fingerprint density at radius 2 is 2.11 bits per heavy atom. The molecule has 35 heavy (non-hydrogen) atoms. The highest BCUT2D eigenvalue weighted by Crippen LogP contribution is 2.40. The maximum absolute atomic E-state index is 13.1. The molecule has 0 bridgehead atoms. The Balaban J connectivity index is 1.26. The van der Waals surface area contributed by atoms with Crippen LogP contribution < -0.4 is 19.9 Å². The standard InChI is InChI=1S/C22H25F3N6O3S/c23-22(24,25)13-8-16-19(26-9-13)31-6-5-30(10-14(31)11-34-16)20-27-15-2-7-35(33)17(15)18(28-20)29-21(12-32)3-1-4-21/h8-9,14,32H,1-7,10-12H2,(H,27,28,29)/t14-,35-/m0/s1. The largest absolute Gasteiger partial charge is 0.487 e. The van der Waals surface area contributed by atoms with Crippen LogP contribution in [0, 0.1) is 0 Å². The molecule has 0 spiro atoms. The molecule has 1 aliphatic carbocycles. The number of aliphatic hydroxyl groups is 1. The van der Waals surface area contributed by atoms with Gasteiger partial charge in [0.15, 0.2) is 11.6 Å². The monoisotopic (exact) mass is 510 g/mol. The van der Waals surface area contributed by atoms with Gasteiger partial charge < -0.3 is 25.0 Å². The van der Waals surface area contributed by atoms with Crippen LogP contribution in [0.1, 0.15) is 30.5 Å². The Kier molecular flexibility index (Phi) is 5.33. The number of aliphatic hydroxyl groups excluding tert-OH is 1. The molecule has 0 radical (unpaired) electrons. The molecule has 0 aromatic carbocycles. The molecule has 2 N–H and O–H groups in total. The lowest BCUT2D eigenvalue weighted by molar-refractivity contribution is -0.138. The Bertz CT molecular complexity index is 1190. The molecule has 2 fully saturated rings. The van der Waals surface area contributed by atoms with Gasteiger partial charge in [-0.15, -0.1) is 0 Å². The number of hydrogen-bond acceptors (Lipinski definition) is 9. The fourth-order valence-corrected chi connectivity index (χ4v) is 6.45. The van der Waals surface area contributed by atoms with E-state index >= 15 is 0 Å². The van der Waals surface area contributed by atoms with E-state index in [2.05, 4.69) is 10.3 Å². The van der Waals surface area contributed by atoms with Gasteiger partial charge in [-0.05, 0) is 25.3 Å². The predicted molar refractivity (Wildman–Crippen MR) is 122 cm³/mol. The number of nitrogens with zero attached hydrogens (tertiary/aromatic N) is 5. The van der Waals surface area contributed by atoms with Crippen molar-refractivity contribution in [1.82, 2.24) is 15.0 Å². The summed E-state index contributed by atoms with van der Waals surface area (Å²) < 4.78 is 57.5. The molecule has 3 aliphatic heterocycles. The second-order valence-corrected chi connectivity index (χ2v) is 11.0. The van der Waals surface area contributed by atoms with Crippen molar-refractivity contribution in [3.63, 3.8) is 0 Å². The first kappa shape index (κ1) is 22.8. The molecule has 6 rings (SSSR count). The van der Waals surface area contributed by atoms with Gasteiger partial charge in [-0.25, -0.2) is 9.97 Å². The lowest BCUT2D eigenvalue weighted by Crippen LogP contribution is -2.58. The number of fused-ring (bicyclic) bond motifs is 4. The van der Waals surface area contributed by atoms with Crippen molar-refractivity contribution in [3.8, 4) is 5.75 Å². The molecule has 0 unspecified atom stereocenters. The zero-order chi connectivity index (χ0) is 24.4. The van der Waals surface area contributed by atoms with Crippen LogP contribution >= 0.6 is 0 Å². The average molecular weight is 511 g/mol. The summed E-state index contributed by atoms with van der Waals surface area (Å²) in [6, 6.07) is 0.877. The number of piperazine rings is 1. The smallest absolute Gasteiger partial charge is 0.418 e. The minimum absolute atomic E-state index is 0.0195. The van der Waals surface area contributed by atoms with Crippen molar-refractivity contribution in [3.05, 3.63) is 23.5 Å². The van der Waals surface area contributed by atoms with Gasteiger partial charge in [-0.3, -0.25) is 4.21 Å². The molecule has 5 heterocycles. The fourth-order valence-electron chi connectivity index (χ4n) is 5.15. The van der Waals surface area contributed by atoms with Crippen LogP contribution in [0.2, 0.25) is 0 Å². The molecule has 13 heteroatoms. The maximum Gasteiger partial charge on any atom is 0.418 e. The lowest BCUT2D eigenvalue weighted by atomic mass is 9.77. The molecule has 188 valence electrons. The normalized spacial score (nSPS) is 24.7. The van der Waals surface area contributed by atoms with E-state index in [0.29, 0.717) is 54.3 Å². The highest BCUT2D eigenvalue weighted by molar-refractivity contribution is 7.85. The van der Waals surface area contributed by atoms with Gasteiger partial charge in [-0.2, -0.15) is 18.2 Å². The van der Waals surface area contributed by atoms with Crippen molar-refractivity contribution in [2.24, 2.45) is 0 Å². The van der Waals surface area contributed by atoms with Gasteiger partial charge in [0.2, 0.25) is 5.95 Å². The topological polar surface area (TPSA) is 104 Å². The summed E-state index contributed by atoms with van der Waals surface area (Å²) in [5.41, 5.74) is -0.506. The van der Waals surface area contributed by atoms with E-state index in [0.717, 1.165) is 37.2 Å². The first-order chi connectivity index (χ1) is 16.8. The van der Waals surface area contributed by atoms with Crippen LogP contribution in [0.5, 0.6) is 5.75 Å². The molecule has 2 aromatic rings. The lowest BCUT2D eigenvalue weighted by Gasteiger charge is -2.45. The van der Waals surface area contributed by atoms with E-state index in [1.54, 1.807) is 0 Å². The number of halogens is 3. The summed E-state index contributed by atoms with van der Waals surface area (Å²) in [7, 11) is -1.18. The predicted octanol–water partition coefficient (Wildman–Crippen LogP) is 1.97. The van der Waals surface area contributed by atoms with Crippen LogP contribution in [0.3, 0.4) is 0 Å². The first-order valence-electron chi connectivity index (χ1n) is 11.7. The van der Waals surface area contributed by atoms with Crippen molar-refractivity contribution in [2.45, 2.75) is 48.3 Å². The van der Waals surface area contributed by atoms with E-state index in [1.807, 2.05) is 9.80 Å². The number of aromatic nitrogens is 3. The molecule has 0 amide bonds. The second-order valence-electron chi connectivity index (χ2n) is 9.51. The number of alkyl halides is 3. The van der Waals surface area contributed by atoms with Crippen LogP contribution in [0.15, 0.2) is 17.2 Å². The van der Waals surface area contributed by atoms with E-state index in [4.69, 9.17) is 14.7 Å². The Labute approximate surface area is 202 Å². The number of rotatable bonds is 4. The first-order valence-corrected chi connectivity index (χ1v) is 13.0. The Morgan fingerprint density at radius 3 is 2.83 bits per heavy atom. The van der Waals surface area contributed by atoms with Gasteiger partial charge in [0.25, 0.3) is 0 Å². The van der Waals surface area contributed by atoms with E-state index in [-0.39, 0.29) is 25.0 Å². The maximum atomic E-state index is 13.1. The number of nitrogens with one attached hydrogen (secondary N) is 1. The number of anilines is 3. The quantitative estimate of drug-likeness (QED) is 0.639. The van der Waals surface area contributed by atoms with Gasteiger partial charge in [-0.1, -0.05) is 0 Å². The second kappa shape index (κ2) is 8.19. The summed E-state index contributed by atoms with van der Waals surface area (Å²) in [6.07, 6.45) is -0.370. The Morgan fingerprint density at radius 1 is 1.29 bits per heavy atom. The van der Waals surface area contributed by atoms with E-state index in [1.165, 1.54) is 0 Å². The third-order valence-electron chi connectivity index (χ3n) is 7.30. The van der Waals surface area contributed by atoms with Crippen LogP contribution in [0.4, 0.5) is 30.8 Å². The van der Waals surface area contributed by atoms with Crippen molar-refractivity contribution in [2.75, 3.05) is 53.7 Å². The number of hydrogen-bond donors (Lipinski definition) is 2. The molecule has 9 nitrogen and oxygen atoms in total. The summed E-state index contributed by atoms with van der Waals surface area (Å²) >= 11 is 0. The molecule has 2 aromatic heterocycles. The SMILES string of the molecule is O=[S@]1CCc2nc(N3CCN4c5ncc(C(F)(F)F)cc5OC[C@@H]4C3)nc(NC3(CO)CCC3)c21. The third-order valence-corrected chi connectivity index (χ3v) is 8.76.